The van der Waals surface area contributed by atoms with Gasteiger partial charge >= 0.3 is 5.97 Å². The van der Waals surface area contributed by atoms with E-state index in [1.807, 2.05) is 12.5 Å². The van der Waals surface area contributed by atoms with Crippen LogP contribution in [-0.2, 0) is 23.3 Å². The summed E-state index contributed by atoms with van der Waals surface area (Å²) in [6.07, 6.45) is 5.05. The smallest absolute Gasteiger partial charge is 0.325 e. The molecule has 1 rings (SSSR count). The predicted octanol–water partition coefficient (Wildman–Crippen LogP) is 2.02. The molecule has 1 aliphatic heterocycles. The number of esters is 1. The fourth-order valence-corrected chi connectivity index (χ4v) is 3.48. The average Bonchev–Trinajstić information content (AvgIpc) is 2.68. The summed E-state index contributed by atoms with van der Waals surface area (Å²) >= 11 is 16.8. The van der Waals surface area contributed by atoms with Crippen molar-refractivity contribution in [2.24, 2.45) is 5.73 Å². The number of ether oxygens (including phenoxy) is 1. The second-order valence-electron chi connectivity index (χ2n) is 9.00. The summed E-state index contributed by atoms with van der Waals surface area (Å²) in [7, 11) is -1.43. The molecule has 1 saturated heterocycles. The minimum absolute atomic E-state index is 0.0471. The molecule has 1 aliphatic rings. The summed E-state index contributed by atoms with van der Waals surface area (Å²) in [5.41, 5.74) is 8.78. The van der Waals surface area contributed by atoms with Crippen LogP contribution < -0.4 is 16.5 Å². The highest BCUT2D eigenvalue weighted by molar-refractivity contribution is 8.29. The number of hydrazine groups is 1. The van der Waals surface area contributed by atoms with Gasteiger partial charge in [0.1, 0.15) is 24.7 Å². The van der Waals surface area contributed by atoms with Gasteiger partial charge in [0.15, 0.2) is 0 Å². The number of nitrogens with zero attached hydrogens (tertiary/aromatic N) is 1. The number of amides is 2. The Bertz CT molecular complexity index is 685. The summed E-state index contributed by atoms with van der Waals surface area (Å²) in [5.74, 6) is -1.54. The molecule has 0 bridgehead atoms. The lowest BCUT2D eigenvalue weighted by Gasteiger charge is -2.44. The Hall–Kier alpha value is -0.490. The van der Waals surface area contributed by atoms with Crippen LogP contribution >= 0.6 is 45.1 Å². The van der Waals surface area contributed by atoms with Crippen molar-refractivity contribution in [1.82, 2.24) is 15.8 Å². The van der Waals surface area contributed by atoms with Gasteiger partial charge in [0, 0.05) is 11.3 Å². The monoisotopic (exact) mass is 536 g/mol. The molecule has 0 aromatic carbocycles. The molecule has 1 heterocycles. The fourth-order valence-electron chi connectivity index (χ4n) is 2.48. The fraction of sp³-hybridized carbons (Fsp3) is 0.842. The number of nitrogens with two attached hydrogens (primary N) is 1. The standard InChI is InChI=1S/C19H35Cl3N4O5S/c1-12(24-15(27)13(23)10-31-32(5,6)18(2,3)4)16(28)26-9-7-8-14(25-26)17(29)30-11-19(20,21)22/h12-14,25H,7-11,23H2,1-6H3,(H,24,27). The van der Waals surface area contributed by atoms with Crippen molar-refractivity contribution < 1.29 is 23.3 Å². The Morgan fingerprint density at radius 2 is 1.84 bits per heavy atom. The second-order valence-corrected chi connectivity index (χ2v) is 15.4. The van der Waals surface area contributed by atoms with Crippen molar-refractivity contribution in [1.29, 1.82) is 0 Å². The van der Waals surface area contributed by atoms with Gasteiger partial charge in [-0.3, -0.25) is 19.4 Å². The van der Waals surface area contributed by atoms with Gasteiger partial charge in [-0.1, -0.05) is 55.6 Å². The Balaban J connectivity index is 2.58. The van der Waals surface area contributed by atoms with Crippen LogP contribution in [0.25, 0.3) is 0 Å². The maximum atomic E-state index is 12.8. The van der Waals surface area contributed by atoms with Crippen LogP contribution in [0.1, 0.15) is 40.5 Å². The molecule has 13 heteroatoms. The van der Waals surface area contributed by atoms with Crippen LogP contribution in [0.3, 0.4) is 0 Å². The lowest BCUT2D eigenvalue weighted by Crippen LogP contribution is -2.60. The Morgan fingerprint density at radius 3 is 2.38 bits per heavy atom. The third-order valence-corrected chi connectivity index (χ3v) is 9.20. The van der Waals surface area contributed by atoms with Crippen molar-refractivity contribution in [2.45, 2.75) is 67.2 Å². The largest absolute Gasteiger partial charge is 0.460 e. The molecule has 188 valence electrons. The van der Waals surface area contributed by atoms with Gasteiger partial charge < -0.3 is 20.0 Å². The van der Waals surface area contributed by atoms with E-state index < -0.39 is 56.6 Å². The van der Waals surface area contributed by atoms with E-state index in [0.29, 0.717) is 19.4 Å². The van der Waals surface area contributed by atoms with Crippen molar-refractivity contribution in [3.63, 3.8) is 0 Å². The van der Waals surface area contributed by atoms with E-state index in [1.165, 1.54) is 5.01 Å². The van der Waals surface area contributed by atoms with Crippen LogP contribution in [0.5, 0.6) is 0 Å². The summed E-state index contributed by atoms with van der Waals surface area (Å²) in [4.78, 5) is 37.4. The number of hydrogen-bond donors (Lipinski definition) is 3. The highest BCUT2D eigenvalue weighted by atomic mass is 35.6. The zero-order chi connectivity index (χ0) is 24.9. The number of halogens is 3. The minimum Gasteiger partial charge on any atom is -0.460 e. The first kappa shape index (κ1) is 29.5. The Kier molecular flexibility index (Phi) is 10.9. The number of nitrogens with one attached hydrogen (secondary N) is 2. The highest BCUT2D eigenvalue weighted by Crippen LogP contribution is 2.53. The van der Waals surface area contributed by atoms with E-state index in [9.17, 15) is 14.4 Å². The van der Waals surface area contributed by atoms with Crippen LogP contribution in [0, 0.1) is 0 Å². The van der Waals surface area contributed by atoms with Crippen molar-refractivity contribution in [3.8, 4) is 0 Å². The Morgan fingerprint density at radius 1 is 1.25 bits per heavy atom. The lowest BCUT2D eigenvalue weighted by molar-refractivity contribution is -0.152. The third-order valence-electron chi connectivity index (χ3n) is 5.20. The molecule has 0 aliphatic carbocycles. The van der Waals surface area contributed by atoms with Gasteiger partial charge in [0.25, 0.3) is 5.91 Å². The maximum Gasteiger partial charge on any atom is 0.325 e. The number of hydrogen-bond acceptors (Lipinski definition) is 7. The number of carbonyl (C=O) groups excluding carboxylic acids is 3. The van der Waals surface area contributed by atoms with Crippen LogP contribution in [0.2, 0.25) is 0 Å². The molecule has 0 aromatic rings. The van der Waals surface area contributed by atoms with Crippen molar-refractivity contribution >= 4 is 62.9 Å². The van der Waals surface area contributed by atoms with Crippen LogP contribution in [-0.4, -0.2) is 81.7 Å². The maximum absolute atomic E-state index is 12.8. The van der Waals surface area contributed by atoms with Gasteiger partial charge in [0.2, 0.25) is 9.70 Å². The summed E-state index contributed by atoms with van der Waals surface area (Å²) in [6, 6.07) is -2.54. The van der Waals surface area contributed by atoms with E-state index >= 15 is 0 Å². The molecule has 2 amide bonds. The van der Waals surface area contributed by atoms with Crippen LogP contribution in [0.4, 0.5) is 0 Å². The van der Waals surface area contributed by atoms with Gasteiger partial charge in [-0.15, -0.1) is 10.3 Å². The number of alkyl halides is 3. The van der Waals surface area contributed by atoms with Crippen molar-refractivity contribution in [3.05, 3.63) is 0 Å². The third kappa shape index (κ3) is 9.40. The number of carbonyl (C=O) groups is 3. The second kappa shape index (κ2) is 11.8. The molecule has 9 nitrogen and oxygen atoms in total. The van der Waals surface area contributed by atoms with E-state index in [-0.39, 0.29) is 11.4 Å². The zero-order valence-electron chi connectivity index (χ0n) is 19.4. The molecule has 3 atom stereocenters. The van der Waals surface area contributed by atoms with E-state index in [2.05, 4.69) is 31.5 Å². The minimum atomic E-state index is -1.72. The highest BCUT2D eigenvalue weighted by Gasteiger charge is 2.34. The molecule has 3 unspecified atom stereocenters. The SMILES string of the molecule is CC(NC(=O)C(N)COS(C)(C)C(C)(C)C)C(=O)N1CCCC(C(=O)OCC(Cl)(Cl)Cl)N1. The normalized spacial score (nSPS) is 20.3. The summed E-state index contributed by atoms with van der Waals surface area (Å²) < 4.78 is 9.12. The predicted molar refractivity (Wildman–Crippen MR) is 130 cm³/mol. The Labute approximate surface area is 206 Å². The number of rotatable bonds is 8. The summed E-state index contributed by atoms with van der Waals surface area (Å²) in [5, 5.41) is 3.89. The lowest BCUT2D eigenvalue weighted by atomic mass is 10.1. The molecule has 0 radical (unpaired) electrons. The topological polar surface area (TPSA) is 123 Å². The summed E-state index contributed by atoms with van der Waals surface area (Å²) in [6.45, 7) is 7.77. The molecule has 32 heavy (non-hydrogen) atoms. The quantitative estimate of drug-likeness (QED) is 0.320. The van der Waals surface area contributed by atoms with Crippen molar-refractivity contribution in [2.75, 3.05) is 32.3 Å². The first-order valence-corrected chi connectivity index (χ1v) is 13.7. The molecule has 0 saturated carbocycles. The van der Waals surface area contributed by atoms with E-state index in [1.54, 1.807) is 6.92 Å². The van der Waals surface area contributed by atoms with Crippen LogP contribution in [0.15, 0.2) is 0 Å². The van der Waals surface area contributed by atoms with Gasteiger partial charge in [-0.05, 0) is 32.3 Å². The zero-order valence-corrected chi connectivity index (χ0v) is 22.5. The van der Waals surface area contributed by atoms with Gasteiger partial charge in [-0.25, -0.2) is 5.43 Å². The van der Waals surface area contributed by atoms with E-state index in [0.717, 1.165) is 0 Å². The molecule has 0 spiro atoms. The first-order chi connectivity index (χ1) is 14.4. The molecule has 4 N–H and O–H groups in total. The van der Waals surface area contributed by atoms with Gasteiger partial charge in [0.05, 0.1) is 6.61 Å². The molecule has 1 fully saturated rings. The first-order valence-electron chi connectivity index (χ1n) is 10.2. The molecular weight excluding hydrogens is 503 g/mol. The average molecular weight is 538 g/mol. The van der Waals surface area contributed by atoms with Gasteiger partial charge in [-0.2, -0.15) is 0 Å². The molecule has 0 aromatic heterocycles. The van der Waals surface area contributed by atoms with E-state index in [4.69, 9.17) is 49.5 Å². The molecular formula is C19H35Cl3N4O5S.